The summed E-state index contributed by atoms with van der Waals surface area (Å²) < 4.78 is 0. The molecule has 104 valence electrons. The fraction of sp³-hybridized carbons (Fsp3) is 0.533. The molecule has 1 fully saturated rings. The van der Waals surface area contributed by atoms with Crippen LogP contribution in [0.5, 0.6) is 0 Å². The normalized spacial score (nSPS) is 16.7. The molecule has 4 nitrogen and oxygen atoms in total. The van der Waals surface area contributed by atoms with Crippen molar-refractivity contribution in [3.8, 4) is 0 Å². The monoisotopic (exact) mass is 261 g/mol. The van der Waals surface area contributed by atoms with Crippen molar-refractivity contribution in [3.63, 3.8) is 0 Å². The van der Waals surface area contributed by atoms with E-state index in [1.807, 2.05) is 32.0 Å². The standard InChI is InChI=1S/C15H23N3O/c1-11(2)14(16)15(19)17-12-7-3-4-8-13(12)18-9-5-6-10-18/h3-4,7-8,11,14H,5-6,9-10,16H2,1-2H3,(H,17,19)/t14-/m1/s1. The van der Waals surface area contributed by atoms with E-state index in [1.165, 1.54) is 12.8 Å². The highest BCUT2D eigenvalue weighted by molar-refractivity contribution is 5.97. The first-order valence-electron chi connectivity index (χ1n) is 7.00. The van der Waals surface area contributed by atoms with Gasteiger partial charge in [-0.25, -0.2) is 0 Å². The molecule has 1 heterocycles. The predicted molar refractivity (Wildman–Crippen MR) is 79.3 cm³/mol. The predicted octanol–water partition coefficient (Wildman–Crippen LogP) is 2.21. The Hall–Kier alpha value is -1.55. The summed E-state index contributed by atoms with van der Waals surface area (Å²) in [6, 6.07) is 7.48. The van der Waals surface area contributed by atoms with E-state index in [9.17, 15) is 4.79 Å². The van der Waals surface area contributed by atoms with Crippen molar-refractivity contribution in [3.05, 3.63) is 24.3 Å². The van der Waals surface area contributed by atoms with Crippen LogP contribution in [-0.4, -0.2) is 25.0 Å². The number of para-hydroxylation sites is 2. The maximum Gasteiger partial charge on any atom is 0.241 e. The first-order chi connectivity index (χ1) is 9.09. The third kappa shape index (κ3) is 3.26. The molecule has 19 heavy (non-hydrogen) atoms. The lowest BCUT2D eigenvalue weighted by Gasteiger charge is -2.23. The molecule has 3 N–H and O–H groups in total. The van der Waals surface area contributed by atoms with Gasteiger partial charge >= 0.3 is 0 Å². The Labute approximate surface area is 115 Å². The van der Waals surface area contributed by atoms with E-state index in [0.717, 1.165) is 24.5 Å². The SMILES string of the molecule is CC(C)[C@@H](N)C(=O)Nc1ccccc1N1CCCC1. The molecule has 0 aliphatic carbocycles. The highest BCUT2D eigenvalue weighted by Crippen LogP contribution is 2.28. The minimum Gasteiger partial charge on any atom is -0.370 e. The first kappa shape index (κ1) is 13.9. The number of carbonyl (C=O) groups excluding carboxylic acids is 1. The van der Waals surface area contributed by atoms with Gasteiger partial charge in [-0.3, -0.25) is 4.79 Å². The largest absolute Gasteiger partial charge is 0.370 e. The lowest BCUT2D eigenvalue weighted by atomic mass is 10.0. The summed E-state index contributed by atoms with van der Waals surface area (Å²) in [5.74, 6) is 0.0283. The number of benzene rings is 1. The van der Waals surface area contributed by atoms with Gasteiger partial charge in [0, 0.05) is 13.1 Å². The molecule has 4 heteroatoms. The van der Waals surface area contributed by atoms with Crippen LogP contribution in [0.2, 0.25) is 0 Å². The summed E-state index contributed by atoms with van der Waals surface area (Å²) in [6.07, 6.45) is 2.43. The number of nitrogens with one attached hydrogen (secondary N) is 1. The van der Waals surface area contributed by atoms with Crippen LogP contribution < -0.4 is 16.0 Å². The van der Waals surface area contributed by atoms with Crippen LogP contribution in [0.25, 0.3) is 0 Å². The van der Waals surface area contributed by atoms with Crippen molar-refractivity contribution in [1.82, 2.24) is 0 Å². The number of nitrogens with zero attached hydrogens (tertiary/aromatic N) is 1. The van der Waals surface area contributed by atoms with Gasteiger partial charge in [-0.2, -0.15) is 0 Å². The maximum absolute atomic E-state index is 12.1. The molecular weight excluding hydrogens is 238 g/mol. The molecule has 0 bridgehead atoms. The zero-order valence-corrected chi connectivity index (χ0v) is 11.7. The molecule has 0 radical (unpaired) electrons. The van der Waals surface area contributed by atoms with Crippen molar-refractivity contribution in [2.24, 2.45) is 11.7 Å². The van der Waals surface area contributed by atoms with Crippen molar-refractivity contribution in [2.45, 2.75) is 32.7 Å². The van der Waals surface area contributed by atoms with Crippen LogP contribution in [0, 0.1) is 5.92 Å². The Bertz CT molecular complexity index is 439. The molecule has 0 spiro atoms. The van der Waals surface area contributed by atoms with Gasteiger partial charge in [-0.15, -0.1) is 0 Å². The van der Waals surface area contributed by atoms with Gasteiger partial charge in [0.2, 0.25) is 5.91 Å². The second kappa shape index (κ2) is 6.06. The van der Waals surface area contributed by atoms with Crippen molar-refractivity contribution >= 4 is 17.3 Å². The molecular formula is C15H23N3O. The average Bonchev–Trinajstić information content (AvgIpc) is 2.92. The van der Waals surface area contributed by atoms with E-state index in [0.29, 0.717) is 0 Å². The fourth-order valence-corrected chi connectivity index (χ4v) is 2.33. The van der Waals surface area contributed by atoms with Gasteiger partial charge in [-0.1, -0.05) is 26.0 Å². The number of nitrogens with two attached hydrogens (primary N) is 1. The highest BCUT2D eigenvalue weighted by atomic mass is 16.2. The van der Waals surface area contributed by atoms with Crippen LogP contribution in [-0.2, 0) is 4.79 Å². The molecule has 0 saturated carbocycles. The summed E-state index contributed by atoms with van der Waals surface area (Å²) in [5, 5.41) is 2.96. The van der Waals surface area contributed by atoms with Gasteiger partial charge in [0.05, 0.1) is 17.4 Å². The zero-order valence-electron chi connectivity index (χ0n) is 11.7. The summed E-state index contributed by atoms with van der Waals surface area (Å²) in [7, 11) is 0. The number of amides is 1. The van der Waals surface area contributed by atoms with Crippen molar-refractivity contribution < 1.29 is 4.79 Å². The van der Waals surface area contributed by atoms with E-state index in [4.69, 9.17) is 5.73 Å². The lowest BCUT2D eigenvalue weighted by Crippen LogP contribution is -2.40. The van der Waals surface area contributed by atoms with Crippen molar-refractivity contribution in [2.75, 3.05) is 23.3 Å². The Morgan fingerprint density at radius 2 is 1.89 bits per heavy atom. The number of rotatable bonds is 4. The first-order valence-corrected chi connectivity index (χ1v) is 7.00. The number of anilines is 2. The van der Waals surface area contributed by atoms with Crippen molar-refractivity contribution in [1.29, 1.82) is 0 Å². The highest BCUT2D eigenvalue weighted by Gasteiger charge is 2.20. The Balaban J connectivity index is 2.13. The van der Waals surface area contributed by atoms with E-state index in [2.05, 4.69) is 16.3 Å². The number of hydrogen-bond acceptors (Lipinski definition) is 3. The zero-order chi connectivity index (χ0) is 13.8. The second-order valence-electron chi connectivity index (χ2n) is 5.47. The number of hydrogen-bond donors (Lipinski definition) is 2. The fourth-order valence-electron chi connectivity index (χ4n) is 2.33. The molecule has 0 aromatic heterocycles. The quantitative estimate of drug-likeness (QED) is 0.873. The molecule has 2 rings (SSSR count). The number of carbonyl (C=O) groups is 1. The molecule has 1 aliphatic heterocycles. The molecule has 1 aliphatic rings. The maximum atomic E-state index is 12.1. The van der Waals surface area contributed by atoms with Crippen LogP contribution in [0.4, 0.5) is 11.4 Å². The van der Waals surface area contributed by atoms with Gasteiger partial charge in [0.1, 0.15) is 0 Å². The minimum absolute atomic E-state index is 0.110. The molecule has 1 atom stereocenters. The van der Waals surface area contributed by atoms with Gasteiger partial charge < -0.3 is 16.0 Å². The van der Waals surface area contributed by atoms with Gasteiger partial charge in [0.25, 0.3) is 0 Å². The molecule has 0 unspecified atom stereocenters. The molecule has 1 aromatic rings. The average molecular weight is 261 g/mol. The van der Waals surface area contributed by atoms with E-state index < -0.39 is 6.04 Å². The third-order valence-electron chi connectivity index (χ3n) is 3.63. The molecule has 1 amide bonds. The summed E-state index contributed by atoms with van der Waals surface area (Å²) in [4.78, 5) is 14.4. The van der Waals surface area contributed by atoms with E-state index in [-0.39, 0.29) is 11.8 Å². The summed E-state index contributed by atoms with van der Waals surface area (Å²) in [6.45, 7) is 6.03. The lowest BCUT2D eigenvalue weighted by molar-refractivity contribution is -0.118. The molecule has 1 saturated heterocycles. The summed E-state index contributed by atoms with van der Waals surface area (Å²) in [5.41, 5.74) is 7.85. The van der Waals surface area contributed by atoms with Crippen LogP contribution in [0.3, 0.4) is 0 Å². The summed E-state index contributed by atoms with van der Waals surface area (Å²) >= 11 is 0. The smallest absolute Gasteiger partial charge is 0.241 e. The topological polar surface area (TPSA) is 58.4 Å². The second-order valence-corrected chi connectivity index (χ2v) is 5.47. The van der Waals surface area contributed by atoms with Crippen LogP contribution in [0.1, 0.15) is 26.7 Å². The van der Waals surface area contributed by atoms with E-state index >= 15 is 0 Å². The van der Waals surface area contributed by atoms with Gasteiger partial charge in [-0.05, 0) is 30.9 Å². The Morgan fingerprint density at radius 3 is 2.53 bits per heavy atom. The Morgan fingerprint density at radius 1 is 1.26 bits per heavy atom. The van der Waals surface area contributed by atoms with Crippen LogP contribution >= 0.6 is 0 Å². The van der Waals surface area contributed by atoms with E-state index in [1.54, 1.807) is 0 Å². The van der Waals surface area contributed by atoms with Gasteiger partial charge in [0.15, 0.2) is 0 Å². The van der Waals surface area contributed by atoms with Crippen LogP contribution in [0.15, 0.2) is 24.3 Å². The third-order valence-corrected chi connectivity index (χ3v) is 3.63. The minimum atomic E-state index is -0.466. The molecule has 1 aromatic carbocycles. The Kier molecular flexibility index (Phi) is 4.43.